The highest BCUT2D eigenvalue weighted by atomic mass is 16.5. The summed E-state index contributed by atoms with van der Waals surface area (Å²) in [5.74, 6) is -0.279. The largest absolute Gasteiger partial charge is 0.465 e. The molecule has 2 aromatic heterocycles. The van der Waals surface area contributed by atoms with Crippen molar-refractivity contribution in [1.82, 2.24) is 14.8 Å². The molecule has 5 nitrogen and oxygen atoms in total. The lowest BCUT2D eigenvalue weighted by Gasteiger charge is -2.03. The molecule has 0 saturated heterocycles. The number of hydrogen-bond donors (Lipinski definition) is 0. The van der Waals surface area contributed by atoms with Gasteiger partial charge in [0.05, 0.1) is 6.61 Å². The average molecular weight is 219 g/mol. The molecule has 0 bridgehead atoms. The molecule has 0 aromatic carbocycles. The van der Waals surface area contributed by atoms with E-state index < -0.39 is 0 Å². The number of nitrogens with zero attached hydrogens (tertiary/aromatic N) is 3. The van der Waals surface area contributed by atoms with Crippen LogP contribution in [0.25, 0.3) is 11.0 Å². The lowest BCUT2D eigenvalue weighted by atomic mass is 10.3. The maximum Gasteiger partial charge on any atom is 0.327 e. The summed E-state index contributed by atoms with van der Waals surface area (Å²) in [6.07, 6.45) is 1.68. The van der Waals surface area contributed by atoms with Gasteiger partial charge in [-0.05, 0) is 26.0 Å². The number of aryl methyl sites for hydroxylation is 1. The molecule has 0 radical (unpaired) electrons. The number of fused-ring (bicyclic) bond motifs is 1. The van der Waals surface area contributed by atoms with E-state index in [9.17, 15) is 4.79 Å². The first-order valence-electron chi connectivity index (χ1n) is 5.16. The van der Waals surface area contributed by atoms with Crippen LogP contribution in [0.4, 0.5) is 0 Å². The SMILES string of the molecule is CCOC(=O)Cn1nc2ncccc2c1C. The van der Waals surface area contributed by atoms with Gasteiger partial charge in [-0.2, -0.15) is 5.10 Å². The quantitative estimate of drug-likeness (QED) is 0.730. The van der Waals surface area contributed by atoms with E-state index in [-0.39, 0.29) is 12.5 Å². The van der Waals surface area contributed by atoms with Crippen LogP contribution >= 0.6 is 0 Å². The third-order valence-corrected chi connectivity index (χ3v) is 2.36. The molecule has 0 amide bonds. The third-order valence-electron chi connectivity index (χ3n) is 2.36. The Morgan fingerprint density at radius 1 is 1.56 bits per heavy atom. The van der Waals surface area contributed by atoms with Crippen molar-refractivity contribution in [2.75, 3.05) is 6.61 Å². The van der Waals surface area contributed by atoms with Crippen LogP contribution in [-0.2, 0) is 16.1 Å². The van der Waals surface area contributed by atoms with Crippen LogP contribution in [0.3, 0.4) is 0 Å². The van der Waals surface area contributed by atoms with E-state index in [0.717, 1.165) is 11.1 Å². The van der Waals surface area contributed by atoms with E-state index in [1.807, 2.05) is 19.1 Å². The normalized spacial score (nSPS) is 10.6. The molecule has 16 heavy (non-hydrogen) atoms. The smallest absolute Gasteiger partial charge is 0.327 e. The zero-order chi connectivity index (χ0) is 11.5. The fourth-order valence-electron chi connectivity index (χ4n) is 1.57. The van der Waals surface area contributed by atoms with Crippen LogP contribution in [0.5, 0.6) is 0 Å². The zero-order valence-electron chi connectivity index (χ0n) is 9.30. The van der Waals surface area contributed by atoms with E-state index >= 15 is 0 Å². The molecule has 0 unspecified atom stereocenters. The number of carbonyl (C=O) groups is 1. The van der Waals surface area contributed by atoms with Crippen molar-refractivity contribution in [1.29, 1.82) is 0 Å². The molecule has 2 heterocycles. The second kappa shape index (κ2) is 4.30. The van der Waals surface area contributed by atoms with Gasteiger partial charge in [-0.25, -0.2) is 4.98 Å². The van der Waals surface area contributed by atoms with Gasteiger partial charge in [-0.15, -0.1) is 0 Å². The Morgan fingerprint density at radius 3 is 3.06 bits per heavy atom. The van der Waals surface area contributed by atoms with Crippen molar-refractivity contribution in [3.8, 4) is 0 Å². The molecule has 0 N–H and O–H groups in total. The highest BCUT2D eigenvalue weighted by Crippen LogP contribution is 2.14. The molecule has 84 valence electrons. The van der Waals surface area contributed by atoms with Crippen LogP contribution in [0.2, 0.25) is 0 Å². The topological polar surface area (TPSA) is 57.0 Å². The van der Waals surface area contributed by atoms with Crippen LogP contribution in [0.15, 0.2) is 18.3 Å². The van der Waals surface area contributed by atoms with Crippen molar-refractivity contribution in [2.24, 2.45) is 0 Å². The first-order valence-corrected chi connectivity index (χ1v) is 5.16. The predicted molar refractivity (Wildman–Crippen MR) is 58.9 cm³/mol. The maximum absolute atomic E-state index is 11.3. The lowest BCUT2D eigenvalue weighted by Crippen LogP contribution is -2.15. The van der Waals surface area contributed by atoms with Crippen LogP contribution in [-0.4, -0.2) is 27.3 Å². The third kappa shape index (κ3) is 1.88. The van der Waals surface area contributed by atoms with Crippen molar-refractivity contribution in [3.05, 3.63) is 24.0 Å². The Bertz CT molecular complexity index is 519. The second-order valence-electron chi connectivity index (χ2n) is 3.42. The Labute approximate surface area is 93.0 Å². The minimum atomic E-state index is -0.279. The minimum Gasteiger partial charge on any atom is -0.465 e. The summed E-state index contributed by atoms with van der Waals surface area (Å²) in [7, 11) is 0. The summed E-state index contributed by atoms with van der Waals surface area (Å²) >= 11 is 0. The van der Waals surface area contributed by atoms with E-state index in [0.29, 0.717) is 12.3 Å². The van der Waals surface area contributed by atoms with Gasteiger partial charge in [0, 0.05) is 17.3 Å². The average Bonchev–Trinajstić information content (AvgIpc) is 2.57. The van der Waals surface area contributed by atoms with E-state index in [1.54, 1.807) is 17.8 Å². The number of hydrogen-bond acceptors (Lipinski definition) is 4. The van der Waals surface area contributed by atoms with Crippen molar-refractivity contribution in [3.63, 3.8) is 0 Å². The van der Waals surface area contributed by atoms with Gasteiger partial charge in [0.1, 0.15) is 6.54 Å². The van der Waals surface area contributed by atoms with Crippen molar-refractivity contribution < 1.29 is 9.53 Å². The Hall–Kier alpha value is -1.91. The molecule has 0 spiro atoms. The predicted octanol–water partition coefficient (Wildman–Crippen LogP) is 1.30. The van der Waals surface area contributed by atoms with Crippen LogP contribution < -0.4 is 0 Å². The number of pyridine rings is 1. The van der Waals surface area contributed by atoms with Crippen LogP contribution in [0.1, 0.15) is 12.6 Å². The van der Waals surface area contributed by atoms with Gasteiger partial charge < -0.3 is 4.74 Å². The van der Waals surface area contributed by atoms with E-state index in [1.165, 1.54) is 0 Å². The summed E-state index contributed by atoms with van der Waals surface area (Å²) < 4.78 is 6.50. The Balaban J connectivity index is 2.31. The summed E-state index contributed by atoms with van der Waals surface area (Å²) in [5.41, 5.74) is 1.58. The molecule has 5 heteroatoms. The lowest BCUT2D eigenvalue weighted by molar-refractivity contribution is -0.144. The molecule has 0 atom stereocenters. The molecule has 0 aliphatic rings. The summed E-state index contributed by atoms with van der Waals surface area (Å²) in [4.78, 5) is 15.5. The molecule has 0 fully saturated rings. The van der Waals surface area contributed by atoms with E-state index in [4.69, 9.17) is 4.74 Å². The number of rotatable bonds is 3. The van der Waals surface area contributed by atoms with Gasteiger partial charge in [0.25, 0.3) is 0 Å². The van der Waals surface area contributed by atoms with Gasteiger partial charge >= 0.3 is 5.97 Å². The first-order chi connectivity index (χ1) is 7.72. The second-order valence-corrected chi connectivity index (χ2v) is 3.42. The maximum atomic E-state index is 11.3. The molecule has 0 saturated carbocycles. The number of aromatic nitrogens is 3. The van der Waals surface area contributed by atoms with E-state index in [2.05, 4.69) is 10.1 Å². The van der Waals surface area contributed by atoms with Gasteiger partial charge in [0.2, 0.25) is 0 Å². The van der Waals surface area contributed by atoms with Crippen LogP contribution in [0, 0.1) is 6.92 Å². The first kappa shape index (κ1) is 10.6. The van der Waals surface area contributed by atoms with Gasteiger partial charge in [0.15, 0.2) is 5.65 Å². The summed E-state index contributed by atoms with van der Waals surface area (Å²) in [6.45, 7) is 4.22. The molecule has 2 rings (SSSR count). The zero-order valence-corrected chi connectivity index (χ0v) is 9.30. The summed E-state index contributed by atoms with van der Waals surface area (Å²) in [6, 6.07) is 3.79. The standard InChI is InChI=1S/C11H13N3O2/c1-3-16-10(15)7-14-8(2)9-5-4-6-12-11(9)13-14/h4-6H,3,7H2,1-2H3. The Kier molecular flexibility index (Phi) is 2.85. The minimum absolute atomic E-state index is 0.135. The van der Waals surface area contributed by atoms with Gasteiger partial charge in [-0.3, -0.25) is 9.48 Å². The molecule has 0 aliphatic heterocycles. The Morgan fingerprint density at radius 2 is 2.38 bits per heavy atom. The highest BCUT2D eigenvalue weighted by Gasteiger charge is 2.11. The fraction of sp³-hybridized carbons (Fsp3) is 0.364. The molecular formula is C11H13N3O2. The van der Waals surface area contributed by atoms with Crippen molar-refractivity contribution in [2.45, 2.75) is 20.4 Å². The highest BCUT2D eigenvalue weighted by molar-refractivity contribution is 5.78. The molecule has 2 aromatic rings. The molecule has 0 aliphatic carbocycles. The van der Waals surface area contributed by atoms with Gasteiger partial charge in [-0.1, -0.05) is 0 Å². The van der Waals surface area contributed by atoms with Crippen molar-refractivity contribution >= 4 is 17.0 Å². The number of carbonyl (C=O) groups excluding carboxylic acids is 1. The number of ether oxygens (including phenoxy) is 1. The summed E-state index contributed by atoms with van der Waals surface area (Å²) in [5, 5.41) is 5.20. The monoisotopic (exact) mass is 219 g/mol. The molecular weight excluding hydrogens is 206 g/mol. The fourth-order valence-corrected chi connectivity index (χ4v) is 1.57. The number of esters is 1.